The second-order valence-electron chi connectivity index (χ2n) is 8.60. The lowest BCUT2D eigenvalue weighted by atomic mass is 10.0. The zero-order valence-electron chi connectivity index (χ0n) is 18.4. The molecule has 2 heterocycles. The lowest BCUT2D eigenvalue weighted by Crippen LogP contribution is -2.51. The molecule has 5 rings (SSSR count). The maximum absolute atomic E-state index is 13.2. The summed E-state index contributed by atoms with van der Waals surface area (Å²) in [5.41, 5.74) is 2.90. The second-order valence-corrected chi connectivity index (χ2v) is 10.8. The topological polar surface area (TPSA) is 87.9 Å². The Labute approximate surface area is 192 Å². The highest BCUT2D eigenvalue weighted by molar-refractivity contribution is 7.92. The Morgan fingerprint density at radius 1 is 0.970 bits per heavy atom. The Morgan fingerprint density at radius 2 is 1.67 bits per heavy atom. The lowest BCUT2D eigenvalue weighted by molar-refractivity contribution is -0.117. The third-order valence-corrected chi connectivity index (χ3v) is 8.49. The van der Waals surface area contributed by atoms with Crippen LogP contribution in [0.3, 0.4) is 0 Å². The number of hydrogen-bond donors (Lipinski definition) is 0. The van der Waals surface area contributed by atoms with Gasteiger partial charge in [-0.15, -0.1) is 0 Å². The van der Waals surface area contributed by atoms with Crippen molar-refractivity contribution in [3.05, 3.63) is 66.6 Å². The fourth-order valence-electron chi connectivity index (χ4n) is 4.42. The molecule has 1 aromatic heterocycles. The third kappa shape index (κ3) is 3.74. The number of fused-ring (bicyclic) bond motifs is 1. The normalized spacial score (nSPS) is 18.2. The van der Waals surface area contributed by atoms with Crippen molar-refractivity contribution in [1.82, 2.24) is 0 Å². The molecule has 0 bridgehead atoms. The van der Waals surface area contributed by atoms with E-state index in [1.165, 1.54) is 13.2 Å². The molecule has 1 aliphatic heterocycles. The number of furan rings is 1. The SMILES string of the molecule is CC(=O)N1c2ccc(-c3ccc(S(=O)(=O)C4CC4)cc3)cc2N(C(=O)c2ccco2)C[C@@H]1C. The quantitative estimate of drug-likeness (QED) is 0.575. The Bertz CT molecular complexity index is 1330. The van der Waals surface area contributed by atoms with E-state index in [0.29, 0.717) is 22.8 Å². The highest BCUT2D eigenvalue weighted by Crippen LogP contribution is 2.40. The average Bonchev–Trinajstić information content (AvgIpc) is 3.53. The maximum Gasteiger partial charge on any atom is 0.294 e. The largest absolute Gasteiger partial charge is 0.459 e. The number of rotatable bonds is 4. The van der Waals surface area contributed by atoms with Crippen LogP contribution in [0.1, 0.15) is 37.2 Å². The smallest absolute Gasteiger partial charge is 0.294 e. The minimum atomic E-state index is -3.25. The van der Waals surface area contributed by atoms with E-state index < -0.39 is 9.84 Å². The van der Waals surface area contributed by atoms with Crippen LogP contribution in [0.4, 0.5) is 11.4 Å². The van der Waals surface area contributed by atoms with Gasteiger partial charge in [0.1, 0.15) is 0 Å². The van der Waals surface area contributed by atoms with Crippen molar-refractivity contribution in [2.75, 3.05) is 16.3 Å². The monoisotopic (exact) mass is 464 g/mol. The predicted molar refractivity (Wildman–Crippen MR) is 125 cm³/mol. The molecule has 3 aromatic rings. The zero-order chi connectivity index (χ0) is 23.3. The van der Waals surface area contributed by atoms with Crippen molar-refractivity contribution < 1.29 is 22.4 Å². The van der Waals surface area contributed by atoms with Crippen LogP contribution in [-0.2, 0) is 14.6 Å². The molecular weight excluding hydrogens is 440 g/mol. The van der Waals surface area contributed by atoms with E-state index in [9.17, 15) is 18.0 Å². The average molecular weight is 465 g/mol. The van der Waals surface area contributed by atoms with E-state index in [0.717, 1.165) is 24.0 Å². The van der Waals surface area contributed by atoms with Crippen LogP contribution < -0.4 is 9.80 Å². The minimum absolute atomic E-state index is 0.101. The van der Waals surface area contributed by atoms with Crippen LogP contribution in [-0.4, -0.2) is 38.1 Å². The number of nitrogens with zero attached hydrogens (tertiary/aromatic N) is 2. The van der Waals surface area contributed by atoms with Crippen LogP contribution in [0.15, 0.2) is 70.2 Å². The predicted octanol–water partition coefficient (Wildman–Crippen LogP) is 4.28. The van der Waals surface area contributed by atoms with Crippen molar-refractivity contribution >= 4 is 33.0 Å². The summed E-state index contributed by atoms with van der Waals surface area (Å²) in [7, 11) is -3.25. The fourth-order valence-corrected chi connectivity index (χ4v) is 6.08. The number of carbonyl (C=O) groups excluding carboxylic acids is 2. The summed E-state index contributed by atoms with van der Waals surface area (Å²) in [6, 6.07) is 15.5. The molecule has 1 aliphatic carbocycles. The first-order chi connectivity index (χ1) is 15.8. The number of sulfone groups is 1. The number of benzene rings is 2. The Balaban J connectivity index is 1.56. The van der Waals surface area contributed by atoms with Gasteiger partial charge in [0.2, 0.25) is 5.91 Å². The van der Waals surface area contributed by atoms with Gasteiger partial charge in [0, 0.05) is 13.5 Å². The van der Waals surface area contributed by atoms with Crippen LogP contribution in [0, 0.1) is 0 Å². The van der Waals surface area contributed by atoms with E-state index in [-0.39, 0.29) is 28.9 Å². The van der Waals surface area contributed by atoms with Crippen LogP contribution in [0.2, 0.25) is 0 Å². The summed E-state index contributed by atoms with van der Waals surface area (Å²) >= 11 is 0. The van der Waals surface area contributed by atoms with E-state index in [1.54, 1.807) is 46.2 Å². The molecule has 33 heavy (non-hydrogen) atoms. The van der Waals surface area contributed by atoms with Gasteiger partial charge in [0.15, 0.2) is 15.6 Å². The molecule has 2 aromatic carbocycles. The van der Waals surface area contributed by atoms with Crippen molar-refractivity contribution in [2.45, 2.75) is 42.9 Å². The highest BCUT2D eigenvalue weighted by atomic mass is 32.2. The fraction of sp³-hybridized carbons (Fsp3) is 0.280. The molecule has 0 unspecified atom stereocenters. The molecule has 2 amide bonds. The van der Waals surface area contributed by atoms with Gasteiger partial charge >= 0.3 is 0 Å². The summed E-state index contributed by atoms with van der Waals surface area (Å²) in [4.78, 5) is 29.2. The molecule has 8 heteroatoms. The first kappa shape index (κ1) is 21.5. The Hall–Kier alpha value is -3.39. The molecule has 0 radical (unpaired) electrons. The summed E-state index contributed by atoms with van der Waals surface area (Å²) in [6.45, 7) is 3.74. The van der Waals surface area contributed by atoms with Crippen molar-refractivity contribution in [1.29, 1.82) is 0 Å². The summed E-state index contributed by atoms with van der Waals surface area (Å²) in [6.07, 6.45) is 2.90. The first-order valence-corrected chi connectivity index (χ1v) is 12.5. The maximum atomic E-state index is 13.2. The zero-order valence-corrected chi connectivity index (χ0v) is 19.2. The Kier molecular flexibility index (Phi) is 5.12. The molecule has 2 aliphatic rings. The van der Waals surface area contributed by atoms with Gasteiger partial charge in [-0.25, -0.2) is 8.42 Å². The minimum Gasteiger partial charge on any atom is -0.459 e. The molecule has 0 spiro atoms. The molecular formula is C25H24N2O5S. The van der Waals surface area contributed by atoms with E-state index in [1.807, 2.05) is 25.1 Å². The Morgan fingerprint density at radius 3 is 2.27 bits per heavy atom. The molecule has 1 atom stereocenters. The van der Waals surface area contributed by atoms with Crippen molar-refractivity contribution in [3.63, 3.8) is 0 Å². The van der Waals surface area contributed by atoms with E-state index in [2.05, 4.69) is 0 Å². The number of amides is 2. The highest BCUT2D eigenvalue weighted by Gasteiger charge is 2.37. The third-order valence-electron chi connectivity index (χ3n) is 6.21. The molecule has 0 N–H and O–H groups in total. The van der Waals surface area contributed by atoms with Crippen LogP contribution >= 0.6 is 0 Å². The van der Waals surface area contributed by atoms with E-state index in [4.69, 9.17) is 4.42 Å². The van der Waals surface area contributed by atoms with Crippen LogP contribution in [0.25, 0.3) is 11.1 Å². The molecule has 0 saturated heterocycles. The van der Waals surface area contributed by atoms with Gasteiger partial charge in [-0.05, 0) is 67.3 Å². The van der Waals surface area contributed by atoms with Gasteiger partial charge in [0.05, 0.1) is 33.8 Å². The summed E-state index contributed by atoms with van der Waals surface area (Å²) in [5, 5.41) is -0.257. The van der Waals surface area contributed by atoms with E-state index >= 15 is 0 Å². The molecule has 1 saturated carbocycles. The second kappa shape index (κ2) is 7.88. The molecule has 7 nitrogen and oxygen atoms in total. The summed E-state index contributed by atoms with van der Waals surface area (Å²) < 4.78 is 30.3. The van der Waals surface area contributed by atoms with Gasteiger partial charge in [0.25, 0.3) is 5.91 Å². The first-order valence-electron chi connectivity index (χ1n) is 10.9. The van der Waals surface area contributed by atoms with Gasteiger partial charge in [-0.3, -0.25) is 9.59 Å². The van der Waals surface area contributed by atoms with Crippen molar-refractivity contribution in [3.8, 4) is 11.1 Å². The van der Waals surface area contributed by atoms with Gasteiger partial charge in [-0.1, -0.05) is 18.2 Å². The van der Waals surface area contributed by atoms with Gasteiger partial charge < -0.3 is 14.2 Å². The molecule has 170 valence electrons. The van der Waals surface area contributed by atoms with Crippen LogP contribution in [0.5, 0.6) is 0 Å². The number of hydrogen-bond acceptors (Lipinski definition) is 5. The number of carbonyl (C=O) groups is 2. The lowest BCUT2D eigenvalue weighted by Gasteiger charge is -2.40. The summed E-state index contributed by atoms with van der Waals surface area (Å²) in [5.74, 6) is -0.153. The molecule has 1 fully saturated rings. The van der Waals surface area contributed by atoms with Gasteiger partial charge in [-0.2, -0.15) is 0 Å². The standard InChI is InChI=1S/C25H24N2O5S/c1-16-15-26(25(29)24-4-3-13-32-24)23-14-19(7-12-22(23)27(16)17(2)28)18-5-8-20(9-6-18)33(30,31)21-10-11-21/h3-9,12-14,16,21H,10-11,15H2,1-2H3/t16-/m0/s1. The number of anilines is 2. The van der Waals surface area contributed by atoms with Crippen molar-refractivity contribution in [2.24, 2.45) is 0 Å².